The van der Waals surface area contributed by atoms with E-state index in [9.17, 15) is 38.4 Å². The van der Waals surface area contributed by atoms with Crippen LogP contribution < -0.4 is 0 Å². The third-order valence-electron chi connectivity index (χ3n) is 12.2. The zero-order chi connectivity index (χ0) is 55.3. The maximum Gasteiger partial charge on any atom is 0.310 e. The highest BCUT2D eigenvalue weighted by atomic mass is 16.6. The monoisotopic (exact) mass is 1050 g/mol. The van der Waals surface area contributed by atoms with Crippen molar-refractivity contribution in [2.24, 2.45) is 0 Å². The fraction of sp³-hybridized carbons (Fsp3) is 0.500. The van der Waals surface area contributed by atoms with Crippen molar-refractivity contribution in [1.29, 1.82) is 0 Å². The van der Waals surface area contributed by atoms with Crippen LogP contribution in [0.2, 0.25) is 0 Å². The van der Waals surface area contributed by atoms with Crippen molar-refractivity contribution in [3.63, 3.8) is 0 Å². The smallest absolute Gasteiger partial charge is 0.310 e. The first-order chi connectivity index (χ1) is 36.6. The number of ether oxygens (including phenoxy) is 8. The third kappa shape index (κ3) is 16.2. The molecule has 0 fully saturated rings. The molecule has 0 atom stereocenters. The standard InChI is InChI=1S/C56H70N4O16/c1-9-69-49(61)21-17-33-37(25-53(65)73-13-5)45-30-42-35(19-23-51(63)71-11-3)39(27-55(67)75-15-7)47(59-42)32-44-36(20-24-52(64)72-12-4)40(28-56(68)76-16-8)48(60-44)31-43-34(18-22-50(62)70-10-2)38(26-54(66)74-14-6)46(58-43)29-41(33)57-45/h29-32,57-58H,9-28H2,1-8H3. The van der Waals surface area contributed by atoms with E-state index in [1.807, 2.05) is 0 Å². The number of aryl methyl sites for hydroxylation is 2. The minimum absolute atomic E-state index is 0.0349. The van der Waals surface area contributed by atoms with E-state index in [0.29, 0.717) is 72.3 Å². The van der Waals surface area contributed by atoms with Gasteiger partial charge < -0.3 is 47.9 Å². The Morgan fingerprint density at radius 2 is 0.579 bits per heavy atom. The largest absolute Gasteiger partial charge is 0.466 e. The lowest BCUT2D eigenvalue weighted by Gasteiger charge is -2.10. The highest BCUT2D eigenvalue weighted by molar-refractivity contribution is 6.03. The number of nitrogens with zero attached hydrogens (tertiary/aromatic N) is 2. The van der Waals surface area contributed by atoms with Crippen LogP contribution in [0.1, 0.15) is 152 Å². The fourth-order valence-corrected chi connectivity index (χ4v) is 9.10. The maximum atomic E-state index is 13.6. The molecule has 2 aliphatic heterocycles. The number of fused-ring (bicyclic) bond motifs is 8. The van der Waals surface area contributed by atoms with Crippen molar-refractivity contribution in [3.05, 3.63) is 69.3 Å². The molecule has 0 spiro atoms. The Kier molecular flexibility index (Phi) is 23.0. The molecule has 20 nitrogen and oxygen atoms in total. The van der Waals surface area contributed by atoms with Gasteiger partial charge in [-0.15, -0.1) is 0 Å². The molecule has 0 saturated carbocycles. The van der Waals surface area contributed by atoms with Crippen LogP contribution in [0, 0.1) is 0 Å². The van der Waals surface area contributed by atoms with Gasteiger partial charge >= 0.3 is 47.8 Å². The topological polar surface area (TPSA) is 268 Å². The second-order valence-corrected chi connectivity index (χ2v) is 17.2. The van der Waals surface area contributed by atoms with Crippen molar-refractivity contribution in [2.45, 2.75) is 132 Å². The lowest BCUT2D eigenvalue weighted by molar-refractivity contribution is -0.144. The van der Waals surface area contributed by atoms with E-state index < -0.39 is 47.8 Å². The van der Waals surface area contributed by atoms with E-state index in [1.54, 1.807) is 79.7 Å². The maximum absolute atomic E-state index is 13.6. The lowest BCUT2D eigenvalue weighted by Crippen LogP contribution is -2.10. The zero-order valence-corrected chi connectivity index (χ0v) is 44.9. The van der Waals surface area contributed by atoms with Gasteiger partial charge in [0.2, 0.25) is 0 Å². The summed E-state index contributed by atoms with van der Waals surface area (Å²) in [4.78, 5) is 124. The van der Waals surface area contributed by atoms with E-state index in [1.165, 1.54) is 0 Å². The number of allylic oxidation sites excluding steroid dienone is 2. The number of carbonyl (C=O) groups excluding carboxylic acids is 8. The summed E-state index contributed by atoms with van der Waals surface area (Å²) in [5, 5.41) is 0. The van der Waals surface area contributed by atoms with Crippen molar-refractivity contribution in [2.75, 3.05) is 52.9 Å². The lowest BCUT2D eigenvalue weighted by atomic mass is 9.95. The SMILES string of the molecule is CCOC(=O)CCC1=C(CC(=O)OCC)c2cc3nc(cc4[nH]c(cc5[nH]c(cc1n2)c(CC(=O)OCC)c5CCC(=O)OCC)c(CC(=O)OCC)c4CCC(=O)OCC)C(CC(=O)OCC)=C3CCC(=O)OCC. The Bertz CT molecular complexity index is 2890. The number of hydrogen-bond acceptors (Lipinski definition) is 18. The van der Waals surface area contributed by atoms with Gasteiger partial charge in [-0.25, -0.2) is 9.97 Å². The summed E-state index contributed by atoms with van der Waals surface area (Å²) in [5.74, 6) is -4.33. The van der Waals surface area contributed by atoms with Gasteiger partial charge in [-0.2, -0.15) is 0 Å². The summed E-state index contributed by atoms with van der Waals surface area (Å²) in [5.41, 5.74) is 6.28. The third-order valence-corrected chi connectivity index (χ3v) is 12.2. The first kappa shape index (κ1) is 59.2. The summed E-state index contributed by atoms with van der Waals surface area (Å²) in [6, 6.07) is 6.75. The Morgan fingerprint density at radius 3 is 0.947 bits per heavy atom. The number of esters is 8. The average Bonchev–Trinajstić information content (AvgIpc) is 4.06. The second kappa shape index (κ2) is 29.5. The molecule has 5 heterocycles. The van der Waals surface area contributed by atoms with E-state index in [-0.39, 0.29) is 147 Å². The fourth-order valence-electron chi connectivity index (χ4n) is 9.10. The van der Waals surface area contributed by atoms with Crippen LogP contribution in [0.4, 0.5) is 0 Å². The molecule has 0 saturated heterocycles. The van der Waals surface area contributed by atoms with E-state index in [4.69, 9.17) is 47.9 Å². The molecule has 2 aliphatic rings. The number of nitrogens with one attached hydrogen (secondary N) is 2. The molecule has 76 heavy (non-hydrogen) atoms. The highest BCUT2D eigenvalue weighted by Gasteiger charge is 2.29. The zero-order valence-electron chi connectivity index (χ0n) is 44.9. The van der Waals surface area contributed by atoms with Crippen molar-refractivity contribution < 1.29 is 76.3 Å². The summed E-state index contributed by atoms with van der Waals surface area (Å²) < 4.78 is 43.3. The van der Waals surface area contributed by atoms with Gasteiger partial charge in [-0.3, -0.25) is 38.4 Å². The predicted octanol–water partition coefficient (Wildman–Crippen LogP) is 7.93. The van der Waals surface area contributed by atoms with Gasteiger partial charge in [-0.1, -0.05) is 0 Å². The summed E-state index contributed by atoms with van der Waals surface area (Å²) >= 11 is 0. The summed E-state index contributed by atoms with van der Waals surface area (Å²) in [6.45, 7) is 14.3. The summed E-state index contributed by atoms with van der Waals surface area (Å²) in [7, 11) is 0. The highest BCUT2D eigenvalue weighted by Crippen LogP contribution is 2.41. The number of aromatic nitrogens is 4. The van der Waals surface area contributed by atoms with Gasteiger partial charge in [0.15, 0.2) is 0 Å². The van der Waals surface area contributed by atoms with E-state index >= 15 is 0 Å². The van der Waals surface area contributed by atoms with Crippen LogP contribution in [-0.4, -0.2) is 121 Å². The van der Waals surface area contributed by atoms with Crippen LogP contribution in [0.25, 0.3) is 44.4 Å². The van der Waals surface area contributed by atoms with Gasteiger partial charge in [0.1, 0.15) is 0 Å². The van der Waals surface area contributed by atoms with Gasteiger partial charge in [0.05, 0.1) is 101 Å². The molecule has 410 valence electrons. The Labute approximate surface area is 441 Å². The van der Waals surface area contributed by atoms with Gasteiger partial charge in [-0.05, 0) is 150 Å². The van der Waals surface area contributed by atoms with Crippen LogP contribution in [0.3, 0.4) is 0 Å². The molecule has 5 rings (SSSR count). The van der Waals surface area contributed by atoms with E-state index in [2.05, 4.69) is 9.97 Å². The van der Waals surface area contributed by atoms with Crippen LogP contribution >= 0.6 is 0 Å². The number of rotatable bonds is 28. The molecule has 8 bridgehead atoms. The molecule has 0 aromatic carbocycles. The van der Waals surface area contributed by atoms with Gasteiger partial charge in [0.25, 0.3) is 0 Å². The van der Waals surface area contributed by atoms with Crippen LogP contribution in [0.15, 0.2) is 24.3 Å². The predicted molar refractivity (Wildman–Crippen MR) is 279 cm³/mol. The van der Waals surface area contributed by atoms with Crippen molar-refractivity contribution >= 4 is 92.1 Å². The average molecular weight is 1060 g/mol. The molecule has 3 aromatic rings. The van der Waals surface area contributed by atoms with Crippen molar-refractivity contribution in [1.82, 2.24) is 19.9 Å². The molecule has 0 unspecified atom stereocenters. The first-order valence-electron chi connectivity index (χ1n) is 26.1. The first-order valence-corrected chi connectivity index (χ1v) is 26.1. The Hall–Kier alpha value is -7.64. The molecular weight excluding hydrogens is 985 g/mol. The Morgan fingerprint density at radius 1 is 0.316 bits per heavy atom. The molecule has 0 radical (unpaired) electrons. The van der Waals surface area contributed by atoms with Crippen molar-refractivity contribution in [3.8, 4) is 0 Å². The minimum atomic E-state index is -0.591. The number of H-pyrrole nitrogens is 2. The van der Waals surface area contributed by atoms with Crippen LogP contribution in [-0.2, 0) is 102 Å². The van der Waals surface area contributed by atoms with E-state index in [0.717, 1.165) is 0 Å². The molecular formula is C56H70N4O16. The molecule has 0 amide bonds. The quantitative estimate of drug-likeness (QED) is 0.0516. The normalized spacial score (nSPS) is 12.0. The Balaban J connectivity index is 2.11. The van der Waals surface area contributed by atoms with Crippen LogP contribution in [0.5, 0.6) is 0 Å². The molecule has 3 aromatic heterocycles. The molecule has 0 aliphatic carbocycles. The van der Waals surface area contributed by atoms with Gasteiger partial charge in [0, 0.05) is 47.8 Å². The number of aromatic amines is 2. The second-order valence-electron chi connectivity index (χ2n) is 17.2. The molecule has 20 heteroatoms. The number of carbonyl (C=O) groups is 8. The minimum Gasteiger partial charge on any atom is -0.466 e. The molecule has 2 N–H and O–H groups in total. The summed E-state index contributed by atoms with van der Waals surface area (Å²) in [6.07, 6.45) is -1.35. The number of hydrogen-bond donors (Lipinski definition) is 2.